The predicted molar refractivity (Wildman–Crippen MR) is 85.9 cm³/mol. The van der Waals surface area contributed by atoms with Crippen molar-refractivity contribution in [1.29, 1.82) is 0 Å². The summed E-state index contributed by atoms with van der Waals surface area (Å²) in [5, 5.41) is 12.5. The molecule has 0 aliphatic carbocycles. The molecule has 4 nitrogen and oxygen atoms in total. The average Bonchev–Trinajstić information content (AvgIpc) is 2.41. The number of carboxylic acid groups (broad SMARTS) is 1. The Kier molecular flexibility index (Phi) is 7.05. The van der Waals surface area contributed by atoms with Gasteiger partial charge in [0.15, 0.2) is 0 Å². The van der Waals surface area contributed by atoms with E-state index in [0.717, 1.165) is 4.90 Å². The molecular weight excluding hydrogens is 310 g/mol. The van der Waals surface area contributed by atoms with Gasteiger partial charge < -0.3 is 10.4 Å². The van der Waals surface area contributed by atoms with Crippen LogP contribution in [0.5, 0.6) is 0 Å². The van der Waals surface area contributed by atoms with Gasteiger partial charge in [-0.25, -0.2) is 4.79 Å². The molecule has 0 fully saturated rings. The molecule has 21 heavy (non-hydrogen) atoms. The van der Waals surface area contributed by atoms with Crippen LogP contribution in [0.3, 0.4) is 0 Å². The molecule has 0 aliphatic rings. The van der Waals surface area contributed by atoms with E-state index in [0.29, 0.717) is 23.6 Å². The maximum Gasteiger partial charge on any atom is 0.329 e. The van der Waals surface area contributed by atoms with Crippen LogP contribution < -0.4 is 5.32 Å². The van der Waals surface area contributed by atoms with Gasteiger partial charge in [0.2, 0.25) is 5.91 Å². The van der Waals surface area contributed by atoms with E-state index in [1.807, 2.05) is 25.1 Å². The zero-order chi connectivity index (χ0) is 15.9. The zero-order valence-corrected chi connectivity index (χ0v) is 13.8. The normalized spacial score (nSPS) is 13.5. The molecule has 1 unspecified atom stereocenters. The lowest BCUT2D eigenvalue weighted by Gasteiger charge is -2.25. The lowest BCUT2D eigenvalue weighted by atomic mass is 9.96. The van der Waals surface area contributed by atoms with Crippen molar-refractivity contribution < 1.29 is 14.7 Å². The van der Waals surface area contributed by atoms with E-state index in [2.05, 4.69) is 5.32 Å². The Morgan fingerprint density at radius 3 is 2.62 bits per heavy atom. The number of hydrogen-bond donors (Lipinski definition) is 2. The van der Waals surface area contributed by atoms with E-state index in [1.165, 1.54) is 18.7 Å². The van der Waals surface area contributed by atoms with Gasteiger partial charge in [-0.1, -0.05) is 37.1 Å². The first-order valence-electron chi connectivity index (χ1n) is 6.81. The molecule has 6 heteroatoms. The minimum atomic E-state index is -1.19. The molecule has 0 saturated carbocycles. The SMILES string of the molecule is CCCC(C)(NC(=O)CCSc1ccccc1Cl)C(=O)O. The molecule has 2 N–H and O–H groups in total. The number of carboxylic acids is 1. The van der Waals surface area contributed by atoms with Crippen molar-refractivity contribution >= 4 is 35.2 Å². The highest BCUT2D eigenvalue weighted by Crippen LogP contribution is 2.27. The smallest absolute Gasteiger partial charge is 0.329 e. The second-order valence-corrected chi connectivity index (χ2v) is 6.51. The maximum atomic E-state index is 11.9. The fourth-order valence-corrected chi connectivity index (χ4v) is 3.10. The van der Waals surface area contributed by atoms with Crippen molar-refractivity contribution in [2.45, 2.75) is 43.5 Å². The quantitative estimate of drug-likeness (QED) is 0.715. The summed E-state index contributed by atoms with van der Waals surface area (Å²) in [6.07, 6.45) is 1.35. The standard InChI is InChI=1S/C15H20ClNO3S/c1-3-9-15(2,14(19)20)17-13(18)8-10-21-12-7-5-4-6-11(12)16/h4-7H,3,8-10H2,1-2H3,(H,17,18)(H,19,20). The molecule has 0 bridgehead atoms. The van der Waals surface area contributed by atoms with Gasteiger partial charge in [0.25, 0.3) is 0 Å². The minimum Gasteiger partial charge on any atom is -0.480 e. The first-order chi connectivity index (χ1) is 9.89. The zero-order valence-electron chi connectivity index (χ0n) is 12.2. The van der Waals surface area contributed by atoms with Gasteiger partial charge in [-0.15, -0.1) is 11.8 Å². The van der Waals surface area contributed by atoms with Crippen LogP contribution in [0, 0.1) is 0 Å². The van der Waals surface area contributed by atoms with Crippen LogP contribution in [0.25, 0.3) is 0 Å². The molecule has 1 aromatic carbocycles. The molecule has 0 saturated heterocycles. The molecule has 0 aliphatic heterocycles. The highest BCUT2D eigenvalue weighted by atomic mass is 35.5. The van der Waals surface area contributed by atoms with Crippen LogP contribution >= 0.6 is 23.4 Å². The van der Waals surface area contributed by atoms with Gasteiger partial charge in [0, 0.05) is 17.1 Å². The third-order valence-electron chi connectivity index (χ3n) is 3.06. The average molecular weight is 330 g/mol. The summed E-state index contributed by atoms with van der Waals surface area (Å²) in [6.45, 7) is 3.43. The van der Waals surface area contributed by atoms with Gasteiger partial charge in [-0.3, -0.25) is 4.79 Å². The van der Waals surface area contributed by atoms with Gasteiger partial charge in [0.1, 0.15) is 5.54 Å². The fraction of sp³-hybridized carbons (Fsp3) is 0.467. The molecule has 1 amide bonds. The summed E-state index contributed by atoms with van der Waals surface area (Å²) in [5.74, 6) is -0.707. The van der Waals surface area contributed by atoms with Gasteiger partial charge >= 0.3 is 5.97 Å². The monoisotopic (exact) mass is 329 g/mol. The first-order valence-corrected chi connectivity index (χ1v) is 8.17. The number of hydrogen-bond acceptors (Lipinski definition) is 3. The summed E-state index contributed by atoms with van der Waals surface area (Å²) in [4.78, 5) is 24.1. The summed E-state index contributed by atoms with van der Waals surface area (Å²) in [5.41, 5.74) is -1.19. The van der Waals surface area contributed by atoms with Crippen molar-refractivity contribution in [3.8, 4) is 0 Å². The van der Waals surface area contributed by atoms with E-state index < -0.39 is 11.5 Å². The highest BCUT2D eigenvalue weighted by molar-refractivity contribution is 7.99. The van der Waals surface area contributed by atoms with E-state index >= 15 is 0 Å². The van der Waals surface area contributed by atoms with E-state index in [-0.39, 0.29) is 12.3 Å². The number of carbonyl (C=O) groups excluding carboxylic acids is 1. The van der Waals surface area contributed by atoms with Crippen LogP contribution in [0.4, 0.5) is 0 Å². The number of thioether (sulfide) groups is 1. The third-order valence-corrected chi connectivity index (χ3v) is 4.58. The van der Waals surface area contributed by atoms with E-state index in [1.54, 1.807) is 6.07 Å². The topological polar surface area (TPSA) is 66.4 Å². The first kappa shape index (κ1) is 17.9. The summed E-state index contributed by atoms with van der Waals surface area (Å²) in [7, 11) is 0. The number of carbonyl (C=O) groups is 2. The number of benzene rings is 1. The summed E-state index contributed by atoms with van der Waals surface area (Å²) < 4.78 is 0. The third kappa shape index (κ3) is 5.59. The van der Waals surface area contributed by atoms with Crippen LogP contribution in [-0.2, 0) is 9.59 Å². The van der Waals surface area contributed by atoms with Gasteiger partial charge in [0.05, 0.1) is 5.02 Å². The minimum absolute atomic E-state index is 0.252. The molecular formula is C15H20ClNO3S. The Morgan fingerprint density at radius 2 is 2.05 bits per heavy atom. The molecule has 116 valence electrons. The molecule has 0 radical (unpaired) electrons. The molecule has 1 atom stereocenters. The van der Waals surface area contributed by atoms with Crippen molar-refractivity contribution in [2.75, 3.05) is 5.75 Å². The Balaban J connectivity index is 2.47. The molecule has 0 spiro atoms. The van der Waals surface area contributed by atoms with Crippen LogP contribution in [0.2, 0.25) is 5.02 Å². The molecule has 1 rings (SSSR count). The second-order valence-electron chi connectivity index (χ2n) is 4.96. The Bertz CT molecular complexity index is 509. The van der Waals surface area contributed by atoms with Crippen molar-refractivity contribution in [1.82, 2.24) is 5.32 Å². The number of aliphatic carboxylic acids is 1. The Morgan fingerprint density at radius 1 is 1.38 bits per heavy atom. The van der Waals surface area contributed by atoms with Crippen LogP contribution in [-0.4, -0.2) is 28.3 Å². The van der Waals surface area contributed by atoms with Crippen molar-refractivity contribution in [3.63, 3.8) is 0 Å². The number of amides is 1. The van der Waals surface area contributed by atoms with Gasteiger partial charge in [-0.2, -0.15) is 0 Å². The van der Waals surface area contributed by atoms with Crippen molar-refractivity contribution in [3.05, 3.63) is 29.3 Å². The van der Waals surface area contributed by atoms with Crippen LogP contribution in [0.1, 0.15) is 33.1 Å². The lowest BCUT2D eigenvalue weighted by molar-refractivity contribution is -0.147. The number of rotatable bonds is 8. The molecule has 0 heterocycles. The van der Waals surface area contributed by atoms with Crippen LogP contribution in [0.15, 0.2) is 29.2 Å². The Hall–Kier alpha value is -1.20. The molecule has 1 aromatic rings. The fourth-order valence-electron chi connectivity index (χ4n) is 1.91. The lowest BCUT2D eigenvalue weighted by Crippen LogP contribution is -2.52. The predicted octanol–water partition coefficient (Wildman–Crippen LogP) is 3.58. The summed E-state index contributed by atoms with van der Waals surface area (Å²) >= 11 is 7.51. The molecule has 0 aromatic heterocycles. The van der Waals surface area contributed by atoms with Crippen molar-refractivity contribution in [2.24, 2.45) is 0 Å². The Labute approximate surface area is 134 Å². The van der Waals surface area contributed by atoms with E-state index in [4.69, 9.17) is 11.6 Å². The van der Waals surface area contributed by atoms with E-state index in [9.17, 15) is 14.7 Å². The number of halogens is 1. The second kappa shape index (κ2) is 8.29. The highest BCUT2D eigenvalue weighted by Gasteiger charge is 2.33. The summed E-state index contributed by atoms with van der Waals surface area (Å²) in [6, 6.07) is 7.43. The van der Waals surface area contributed by atoms with Gasteiger partial charge in [-0.05, 0) is 25.5 Å². The number of nitrogens with one attached hydrogen (secondary N) is 1. The largest absolute Gasteiger partial charge is 0.480 e. The maximum absolute atomic E-state index is 11.9.